The molecular weight excluding hydrogens is 252 g/mol. The summed E-state index contributed by atoms with van der Waals surface area (Å²) >= 11 is 0. The van der Waals surface area contributed by atoms with Gasteiger partial charge in [-0.3, -0.25) is 5.10 Å². The highest BCUT2D eigenvalue weighted by molar-refractivity contribution is 5.82. The molecular formula is C15H24N4O. The zero-order valence-corrected chi connectivity index (χ0v) is 12.4. The van der Waals surface area contributed by atoms with E-state index in [2.05, 4.69) is 29.4 Å². The lowest BCUT2D eigenvalue weighted by Gasteiger charge is -2.10. The van der Waals surface area contributed by atoms with Crippen LogP contribution in [0.3, 0.4) is 0 Å². The zero-order valence-electron chi connectivity index (χ0n) is 12.4. The Hall–Kier alpha value is -1.59. The van der Waals surface area contributed by atoms with Gasteiger partial charge < -0.3 is 15.8 Å². The predicted octanol–water partition coefficient (Wildman–Crippen LogP) is 1.69. The zero-order chi connectivity index (χ0) is 14.5. The summed E-state index contributed by atoms with van der Waals surface area (Å²) in [5.41, 5.74) is 8.07. The molecule has 4 N–H and O–H groups in total. The van der Waals surface area contributed by atoms with Crippen molar-refractivity contribution in [3.05, 3.63) is 23.9 Å². The lowest BCUT2D eigenvalue weighted by molar-refractivity contribution is 0.271. The molecule has 110 valence electrons. The van der Waals surface area contributed by atoms with E-state index in [0.717, 1.165) is 41.9 Å². The minimum atomic E-state index is 0.0618. The maximum absolute atomic E-state index is 6.06. The number of rotatable bonds is 7. The Labute approximate surface area is 119 Å². The molecule has 2 aromatic rings. The van der Waals surface area contributed by atoms with Gasteiger partial charge >= 0.3 is 0 Å². The minimum Gasteiger partial charge on any atom is -0.493 e. The van der Waals surface area contributed by atoms with Gasteiger partial charge in [0, 0.05) is 24.4 Å². The van der Waals surface area contributed by atoms with Gasteiger partial charge in [0.25, 0.3) is 0 Å². The third-order valence-electron chi connectivity index (χ3n) is 3.12. The van der Waals surface area contributed by atoms with Crippen LogP contribution in [0.2, 0.25) is 0 Å². The molecule has 20 heavy (non-hydrogen) atoms. The van der Waals surface area contributed by atoms with E-state index in [1.165, 1.54) is 0 Å². The van der Waals surface area contributed by atoms with E-state index in [0.29, 0.717) is 5.92 Å². The van der Waals surface area contributed by atoms with E-state index in [4.69, 9.17) is 10.5 Å². The Morgan fingerprint density at radius 2 is 2.20 bits per heavy atom. The lowest BCUT2D eigenvalue weighted by Crippen LogP contribution is -2.33. The highest BCUT2D eigenvalue weighted by Crippen LogP contribution is 2.23. The van der Waals surface area contributed by atoms with Crippen molar-refractivity contribution < 1.29 is 4.74 Å². The highest BCUT2D eigenvalue weighted by atomic mass is 16.5. The summed E-state index contributed by atoms with van der Waals surface area (Å²) in [6, 6.07) is 6.08. The molecule has 1 unspecified atom stereocenters. The minimum absolute atomic E-state index is 0.0618. The number of likely N-dealkylation sites (N-methyl/N-ethyl adjacent to an activating group) is 1. The van der Waals surface area contributed by atoms with Crippen LogP contribution in [0.4, 0.5) is 0 Å². The van der Waals surface area contributed by atoms with Gasteiger partial charge in [-0.15, -0.1) is 0 Å². The number of nitrogens with two attached hydrogens (primary N) is 1. The molecule has 1 aromatic heterocycles. The summed E-state index contributed by atoms with van der Waals surface area (Å²) < 4.78 is 5.77. The van der Waals surface area contributed by atoms with Crippen LogP contribution in [-0.4, -0.2) is 36.4 Å². The van der Waals surface area contributed by atoms with Gasteiger partial charge in [-0.25, -0.2) is 0 Å². The molecule has 0 aliphatic rings. The van der Waals surface area contributed by atoms with Crippen LogP contribution >= 0.6 is 0 Å². The number of nitrogens with zero attached hydrogens (tertiary/aromatic N) is 1. The summed E-state index contributed by atoms with van der Waals surface area (Å²) in [7, 11) is 1.90. The number of hydrogen-bond acceptors (Lipinski definition) is 4. The first-order valence-electron chi connectivity index (χ1n) is 7.10. The topological polar surface area (TPSA) is 76.0 Å². The van der Waals surface area contributed by atoms with Gasteiger partial charge in [-0.1, -0.05) is 13.8 Å². The van der Waals surface area contributed by atoms with Crippen molar-refractivity contribution in [2.45, 2.75) is 26.3 Å². The van der Waals surface area contributed by atoms with Gasteiger partial charge in [0.2, 0.25) is 0 Å². The molecule has 1 aromatic carbocycles. The monoisotopic (exact) mass is 276 g/mol. The fourth-order valence-electron chi connectivity index (χ4n) is 2.14. The third kappa shape index (κ3) is 3.71. The van der Waals surface area contributed by atoms with Crippen molar-refractivity contribution in [2.24, 2.45) is 11.7 Å². The molecule has 0 saturated heterocycles. The number of ether oxygens (including phenoxy) is 1. The summed E-state index contributed by atoms with van der Waals surface area (Å²) in [5, 5.41) is 11.6. The summed E-state index contributed by atoms with van der Waals surface area (Å²) in [6.07, 6.45) is 0.745. The van der Waals surface area contributed by atoms with Crippen molar-refractivity contribution in [1.29, 1.82) is 0 Å². The molecule has 0 amide bonds. The van der Waals surface area contributed by atoms with Crippen molar-refractivity contribution >= 4 is 10.9 Å². The van der Waals surface area contributed by atoms with E-state index in [-0.39, 0.29) is 6.04 Å². The van der Waals surface area contributed by atoms with Crippen molar-refractivity contribution in [1.82, 2.24) is 15.5 Å². The maximum atomic E-state index is 6.06. The van der Waals surface area contributed by atoms with E-state index >= 15 is 0 Å². The number of hydrogen-bond donors (Lipinski definition) is 3. The Kier molecular flexibility index (Phi) is 4.98. The summed E-state index contributed by atoms with van der Waals surface area (Å²) in [6.45, 7) is 5.77. The second-order valence-electron chi connectivity index (χ2n) is 5.60. The molecule has 0 radical (unpaired) electrons. The Balaban J connectivity index is 2.16. The van der Waals surface area contributed by atoms with Crippen molar-refractivity contribution in [2.75, 3.05) is 20.2 Å². The Bertz CT molecular complexity index is 550. The SMILES string of the molecule is CNCC(N)Cc1n[nH]c2ccc(OCC(C)C)cc12. The number of H-pyrrole nitrogens is 1. The molecule has 0 saturated carbocycles. The quantitative estimate of drug-likeness (QED) is 0.719. The maximum Gasteiger partial charge on any atom is 0.120 e. The molecule has 1 atom stereocenters. The number of fused-ring (bicyclic) bond motifs is 1. The number of nitrogens with one attached hydrogen (secondary N) is 2. The normalized spacial score (nSPS) is 13.1. The first-order valence-corrected chi connectivity index (χ1v) is 7.10. The van der Waals surface area contributed by atoms with E-state index < -0.39 is 0 Å². The van der Waals surface area contributed by atoms with Crippen LogP contribution < -0.4 is 15.8 Å². The number of aromatic nitrogens is 2. The fraction of sp³-hybridized carbons (Fsp3) is 0.533. The largest absolute Gasteiger partial charge is 0.493 e. The Morgan fingerprint density at radius 1 is 1.40 bits per heavy atom. The first-order chi connectivity index (χ1) is 9.60. The molecule has 5 nitrogen and oxygen atoms in total. The predicted molar refractivity (Wildman–Crippen MR) is 82.0 cm³/mol. The van der Waals surface area contributed by atoms with Gasteiger partial charge in [0.1, 0.15) is 5.75 Å². The van der Waals surface area contributed by atoms with Crippen LogP contribution in [0.5, 0.6) is 5.75 Å². The van der Waals surface area contributed by atoms with Crippen molar-refractivity contribution in [3.8, 4) is 5.75 Å². The average Bonchev–Trinajstić information content (AvgIpc) is 2.79. The van der Waals surface area contributed by atoms with E-state index in [1.807, 2.05) is 25.2 Å². The number of benzene rings is 1. The molecule has 5 heteroatoms. The average molecular weight is 276 g/mol. The van der Waals surface area contributed by atoms with E-state index in [1.54, 1.807) is 0 Å². The third-order valence-corrected chi connectivity index (χ3v) is 3.12. The van der Waals surface area contributed by atoms with Gasteiger partial charge in [0.15, 0.2) is 0 Å². The molecule has 0 aliphatic heterocycles. The second kappa shape index (κ2) is 6.72. The molecule has 0 fully saturated rings. The molecule has 1 heterocycles. The molecule has 0 aliphatic carbocycles. The van der Waals surface area contributed by atoms with Gasteiger partial charge in [-0.2, -0.15) is 5.10 Å². The van der Waals surface area contributed by atoms with Crippen molar-refractivity contribution in [3.63, 3.8) is 0 Å². The van der Waals surface area contributed by atoms with Gasteiger partial charge in [0.05, 0.1) is 17.8 Å². The lowest BCUT2D eigenvalue weighted by atomic mass is 10.1. The van der Waals surface area contributed by atoms with Crippen LogP contribution in [0.1, 0.15) is 19.5 Å². The van der Waals surface area contributed by atoms with Crippen LogP contribution in [0, 0.1) is 5.92 Å². The number of aromatic amines is 1. The fourth-order valence-corrected chi connectivity index (χ4v) is 2.14. The van der Waals surface area contributed by atoms with Crippen LogP contribution in [0.25, 0.3) is 10.9 Å². The highest BCUT2D eigenvalue weighted by Gasteiger charge is 2.11. The van der Waals surface area contributed by atoms with Gasteiger partial charge in [-0.05, 0) is 31.2 Å². The smallest absolute Gasteiger partial charge is 0.120 e. The Morgan fingerprint density at radius 3 is 2.90 bits per heavy atom. The van der Waals surface area contributed by atoms with Crippen LogP contribution in [-0.2, 0) is 6.42 Å². The standard InChI is InChI=1S/C15H24N4O/c1-10(2)9-20-12-4-5-14-13(7-12)15(19-18-14)6-11(16)8-17-3/h4-5,7,10-11,17H,6,8-9,16H2,1-3H3,(H,18,19). The van der Waals surface area contributed by atoms with E-state index in [9.17, 15) is 0 Å². The second-order valence-corrected chi connectivity index (χ2v) is 5.60. The summed E-state index contributed by atoms with van der Waals surface area (Å²) in [4.78, 5) is 0. The summed E-state index contributed by atoms with van der Waals surface area (Å²) in [5.74, 6) is 1.40. The molecule has 0 bridgehead atoms. The first kappa shape index (κ1) is 14.8. The van der Waals surface area contributed by atoms with Crippen LogP contribution in [0.15, 0.2) is 18.2 Å². The molecule has 2 rings (SSSR count). The molecule has 0 spiro atoms.